The van der Waals surface area contributed by atoms with Crippen LogP contribution in [0.25, 0.3) is 0 Å². The van der Waals surface area contributed by atoms with Crippen LogP contribution < -0.4 is 14.8 Å². The first-order valence-corrected chi connectivity index (χ1v) is 10.6. The molecule has 0 radical (unpaired) electrons. The number of hydrogen-bond donors (Lipinski definition) is 2. The smallest absolute Gasteiger partial charge is 0.242 e. The quantitative estimate of drug-likeness (QED) is 0.705. The molecule has 0 aromatic heterocycles. The number of methoxy groups -OCH3 is 1. The molecule has 0 spiro atoms. The first-order chi connectivity index (χ1) is 12.3. The van der Waals surface area contributed by atoms with E-state index in [1.54, 1.807) is 30.8 Å². The van der Waals surface area contributed by atoms with Crippen molar-refractivity contribution in [3.63, 3.8) is 0 Å². The number of rotatable bonds is 7. The molecule has 0 aliphatic heterocycles. The minimum Gasteiger partial charge on any atom is -0.496 e. The van der Waals surface area contributed by atoms with Crippen LogP contribution in [-0.2, 0) is 14.8 Å². The number of ether oxygens (including phenoxy) is 1. The number of sulfonamides is 1. The standard InChI is InChI=1S/C18H22N2O4S2/c1-12-10-16(8-9-17(12)24-3)26(22,23)20-13(2)18(21)19-14-6-5-7-15(11-14)25-4/h5-11,13,20H,1-4H3,(H,19,21)/t13-/m0/s1. The first-order valence-electron chi connectivity index (χ1n) is 7.88. The van der Waals surface area contributed by atoms with E-state index < -0.39 is 22.0 Å². The van der Waals surface area contributed by atoms with Gasteiger partial charge >= 0.3 is 0 Å². The van der Waals surface area contributed by atoms with Gasteiger partial charge in [-0.25, -0.2) is 8.42 Å². The zero-order valence-electron chi connectivity index (χ0n) is 15.1. The van der Waals surface area contributed by atoms with Crippen molar-refractivity contribution in [2.24, 2.45) is 0 Å². The molecule has 0 saturated heterocycles. The Balaban J connectivity index is 2.10. The molecule has 2 aromatic rings. The minimum atomic E-state index is -3.83. The van der Waals surface area contributed by atoms with E-state index in [0.29, 0.717) is 17.0 Å². The number of amides is 1. The lowest BCUT2D eigenvalue weighted by Gasteiger charge is -2.15. The second kappa shape index (κ2) is 8.57. The summed E-state index contributed by atoms with van der Waals surface area (Å²) in [5.74, 6) is 0.167. The summed E-state index contributed by atoms with van der Waals surface area (Å²) in [6, 6.07) is 11.0. The fourth-order valence-electron chi connectivity index (χ4n) is 2.32. The van der Waals surface area contributed by atoms with Crippen molar-refractivity contribution in [1.29, 1.82) is 0 Å². The van der Waals surface area contributed by atoms with Crippen LogP contribution >= 0.6 is 11.8 Å². The summed E-state index contributed by atoms with van der Waals surface area (Å²) in [7, 11) is -2.31. The van der Waals surface area contributed by atoms with Crippen LogP contribution in [-0.4, -0.2) is 33.7 Å². The lowest BCUT2D eigenvalue weighted by Crippen LogP contribution is -2.41. The summed E-state index contributed by atoms with van der Waals surface area (Å²) < 4.78 is 32.6. The minimum absolute atomic E-state index is 0.0832. The molecule has 0 heterocycles. The van der Waals surface area contributed by atoms with E-state index >= 15 is 0 Å². The molecule has 26 heavy (non-hydrogen) atoms. The molecule has 6 nitrogen and oxygen atoms in total. The highest BCUT2D eigenvalue weighted by Crippen LogP contribution is 2.22. The average Bonchev–Trinajstić information content (AvgIpc) is 2.61. The first kappa shape index (κ1) is 20.3. The lowest BCUT2D eigenvalue weighted by molar-refractivity contribution is -0.117. The topological polar surface area (TPSA) is 84.5 Å². The van der Waals surface area contributed by atoms with Gasteiger partial charge < -0.3 is 10.1 Å². The summed E-state index contributed by atoms with van der Waals surface area (Å²) in [6.45, 7) is 3.26. The lowest BCUT2D eigenvalue weighted by atomic mass is 10.2. The van der Waals surface area contributed by atoms with Gasteiger partial charge in [0.2, 0.25) is 15.9 Å². The van der Waals surface area contributed by atoms with Gasteiger partial charge in [-0.2, -0.15) is 4.72 Å². The summed E-state index contributed by atoms with van der Waals surface area (Å²) in [4.78, 5) is 13.4. The number of benzene rings is 2. The van der Waals surface area contributed by atoms with E-state index in [0.717, 1.165) is 4.90 Å². The fourth-order valence-corrected chi connectivity index (χ4v) is 4.07. The summed E-state index contributed by atoms with van der Waals surface area (Å²) in [5.41, 5.74) is 1.31. The van der Waals surface area contributed by atoms with Gasteiger partial charge in [0, 0.05) is 10.6 Å². The van der Waals surface area contributed by atoms with E-state index in [1.165, 1.54) is 26.2 Å². The number of carbonyl (C=O) groups excluding carboxylic acids is 1. The van der Waals surface area contributed by atoms with Crippen LogP contribution in [0.2, 0.25) is 0 Å². The highest BCUT2D eigenvalue weighted by molar-refractivity contribution is 7.98. The van der Waals surface area contributed by atoms with Gasteiger partial charge in [-0.05, 0) is 62.1 Å². The van der Waals surface area contributed by atoms with Crippen molar-refractivity contribution in [2.45, 2.75) is 29.7 Å². The van der Waals surface area contributed by atoms with Gasteiger partial charge in [-0.15, -0.1) is 11.8 Å². The molecule has 0 unspecified atom stereocenters. The zero-order valence-corrected chi connectivity index (χ0v) is 16.7. The molecular formula is C18H22N2O4S2. The molecule has 8 heteroatoms. The van der Waals surface area contributed by atoms with Gasteiger partial charge in [0.15, 0.2) is 0 Å². The predicted octanol–water partition coefficient (Wildman–Crippen LogP) is 3.03. The molecule has 0 saturated carbocycles. The third-order valence-corrected chi connectivity index (χ3v) is 6.00. The maximum atomic E-state index is 12.5. The zero-order chi connectivity index (χ0) is 19.3. The SMILES string of the molecule is COc1ccc(S(=O)(=O)N[C@@H](C)C(=O)Nc2cccc(SC)c2)cc1C. The second-order valence-electron chi connectivity index (χ2n) is 5.70. The molecule has 0 fully saturated rings. The number of anilines is 1. The Morgan fingerprint density at radius 3 is 2.54 bits per heavy atom. The number of nitrogens with one attached hydrogen (secondary N) is 2. The van der Waals surface area contributed by atoms with Gasteiger partial charge in [0.05, 0.1) is 18.0 Å². The Kier molecular flexibility index (Phi) is 6.69. The fraction of sp³-hybridized carbons (Fsp3) is 0.278. The van der Waals surface area contributed by atoms with Crippen LogP contribution in [0.5, 0.6) is 5.75 Å². The maximum absolute atomic E-state index is 12.5. The van der Waals surface area contributed by atoms with Crippen molar-refractivity contribution in [3.8, 4) is 5.75 Å². The van der Waals surface area contributed by atoms with Crippen LogP contribution in [0.4, 0.5) is 5.69 Å². The van der Waals surface area contributed by atoms with E-state index in [-0.39, 0.29) is 4.90 Å². The van der Waals surface area contributed by atoms with Gasteiger partial charge in [-0.3, -0.25) is 4.79 Å². The highest BCUT2D eigenvalue weighted by Gasteiger charge is 2.22. The van der Waals surface area contributed by atoms with Crippen molar-refractivity contribution in [3.05, 3.63) is 48.0 Å². The normalized spacial score (nSPS) is 12.5. The summed E-state index contributed by atoms with van der Waals surface area (Å²) in [6.07, 6.45) is 1.94. The third-order valence-electron chi connectivity index (χ3n) is 3.74. The van der Waals surface area contributed by atoms with E-state index in [2.05, 4.69) is 10.0 Å². The molecule has 2 aromatic carbocycles. The molecule has 0 bridgehead atoms. The Hall–Kier alpha value is -2.03. The van der Waals surface area contributed by atoms with E-state index in [4.69, 9.17) is 4.74 Å². The van der Waals surface area contributed by atoms with Gasteiger partial charge in [0.1, 0.15) is 5.75 Å². The van der Waals surface area contributed by atoms with Crippen LogP contribution in [0.1, 0.15) is 12.5 Å². The third kappa shape index (κ3) is 5.00. The molecule has 2 N–H and O–H groups in total. The molecule has 2 rings (SSSR count). The molecule has 0 aliphatic rings. The molecule has 0 aliphatic carbocycles. The largest absolute Gasteiger partial charge is 0.496 e. The maximum Gasteiger partial charge on any atom is 0.242 e. The van der Waals surface area contributed by atoms with Crippen molar-refractivity contribution >= 4 is 33.4 Å². The second-order valence-corrected chi connectivity index (χ2v) is 8.29. The van der Waals surface area contributed by atoms with Crippen LogP contribution in [0.15, 0.2) is 52.3 Å². The number of hydrogen-bond acceptors (Lipinski definition) is 5. The number of aryl methyl sites for hydroxylation is 1. The average molecular weight is 395 g/mol. The Labute approximate surface area is 158 Å². The van der Waals surface area contributed by atoms with E-state index in [9.17, 15) is 13.2 Å². The number of thioether (sulfide) groups is 1. The van der Waals surface area contributed by atoms with Crippen LogP contribution in [0.3, 0.4) is 0 Å². The van der Waals surface area contributed by atoms with Crippen molar-refractivity contribution in [1.82, 2.24) is 4.72 Å². The van der Waals surface area contributed by atoms with Crippen molar-refractivity contribution < 1.29 is 17.9 Å². The molecular weight excluding hydrogens is 372 g/mol. The van der Waals surface area contributed by atoms with Crippen LogP contribution in [0, 0.1) is 6.92 Å². The Bertz CT molecular complexity index is 898. The summed E-state index contributed by atoms with van der Waals surface area (Å²) in [5, 5.41) is 2.72. The molecule has 140 valence electrons. The molecule has 1 atom stereocenters. The van der Waals surface area contributed by atoms with Gasteiger partial charge in [-0.1, -0.05) is 6.07 Å². The number of carbonyl (C=O) groups is 1. The Morgan fingerprint density at radius 2 is 1.92 bits per heavy atom. The van der Waals surface area contributed by atoms with Crippen molar-refractivity contribution in [2.75, 3.05) is 18.7 Å². The predicted molar refractivity (Wildman–Crippen MR) is 104 cm³/mol. The van der Waals surface area contributed by atoms with E-state index in [1.807, 2.05) is 24.5 Å². The summed E-state index contributed by atoms with van der Waals surface area (Å²) >= 11 is 1.56. The highest BCUT2D eigenvalue weighted by atomic mass is 32.2. The molecule has 1 amide bonds. The monoisotopic (exact) mass is 394 g/mol. The van der Waals surface area contributed by atoms with Gasteiger partial charge in [0.25, 0.3) is 0 Å². The Morgan fingerprint density at radius 1 is 1.19 bits per heavy atom.